The molecule has 0 saturated carbocycles. The van der Waals surface area contributed by atoms with Crippen LogP contribution in [0.3, 0.4) is 0 Å². The van der Waals surface area contributed by atoms with Crippen LogP contribution in [0.1, 0.15) is 49.3 Å². The van der Waals surface area contributed by atoms with Crippen molar-refractivity contribution in [2.45, 2.75) is 44.6 Å². The third kappa shape index (κ3) is 3.58. The summed E-state index contributed by atoms with van der Waals surface area (Å²) in [5, 5.41) is 0. The lowest BCUT2D eigenvalue weighted by Crippen LogP contribution is -2.31. The third-order valence-corrected chi connectivity index (χ3v) is 4.78. The molecule has 3 heterocycles. The van der Waals surface area contributed by atoms with E-state index in [1.54, 1.807) is 0 Å². The molecule has 2 aliphatic rings. The number of rotatable bonds is 3. The molecule has 0 spiro atoms. The summed E-state index contributed by atoms with van der Waals surface area (Å²) in [4.78, 5) is 9.69. The maximum atomic E-state index is 4.71. The van der Waals surface area contributed by atoms with Gasteiger partial charge in [0.15, 0.2) is 0 Å². The molecule has 2 fully saturated rings. The Kier molecular flexibility index (Phi) is 4.69. The molecular formula is C17H27N3. The van der Waals surface area contributed by atoms with Crippen LogP contribution in [0.4, 0.5) is 0 Å². The molecule has 3 rings (SSSR count). The second kappa shape index (κ2) is 6.68. The van der Waals surface area contributed by atoms with Gasteiger partial charge in [-0.3, -0.25) is 9.88 Å². The second-order valence-corrected chi connectivity index (χ2v) is 6.52. The molecule has 0 aliphatic carbocycles. The summed E-state index contributed by atoms with van der Waals surface area (Å²) in [7, 11) is 2.23. The minimum atomic E-state index is 0.685. The monoisotopic (exact) mass is 273 g/mol. The third-order valence-electron chi connectivity index (χ3n) is 4.78. The van der Waals surface area contributed by atoms with Crippen LogP contribution in [-0.4, -0.2) is 48.0 Å². The fraction of sp³-hybridized carbons (Fsp3) is 0.706. The lowest BCUT2D eigenvalue weighted by molar-refractivity contribution is 0.218. The first-order valence-corrected chi connectivity index (χ1v) is 8.17. The summed E-state index contributed by atoms with van der Waals surface area (Å²) in [5.41, 5.74) is 2.67. The van der Waals surface area contributed by atoms with Crippen LogP contribution in [-0.2, 0) is 6.54 Å². The SMILES string of the molecule is CN1CCCC(c2ccc(CN3CCCCC3)nc2)C1. The van der Waals surface area contributed by atoms with Gasteiger partial charge in [0.25, 0.3) is 0 Å². The smallest absolute Gasteiger partial charge is 0.0544 e. The van der Waals surface area contributed by atoms with Crippen LogP contribution < -0.4 is 0 Å². The van der Waals surface area contributed by atoms with Gasteiger partial charge < -0.3 is 4.90 Å². The number of likely N-dealkylation sites (N-methyl/N-ethyl adjacent to an activating group) is 1. The summed E-state index contributed by atoms with van der Waals surface area (Å²) >= 11 is 0. The van der Waals surface area contributed by atoms with Crippen molar-refractivity contribution in [2.24, 2.45) is 0 Å². The highest BCUT2D eigenvalue weighted by atomic mass is 15.1. The molecule has 1 aromatic rings. The predicted molar refractivity (Wildman–Crippen MR) is 82.8 cm³/mol. The quantitative estimate of drug-likeness (QED) is 0.844. The summed E-state index contributed by atoms with van der Waals surface area (Å²) in [5.74, 6) is 0.685. The van der Waals surface area contributed by atoms with E-state index in [-0.39, 0.29) is 0 Å². The van der Waals surface area contributed by atoms with E-state index in [1.165, 1.54) is 69.5 Å². The molecule has 0 bridgehead atoms. The highest BCUT2D eigenvalue weighted by Gasteiger charge is 2.19. The Morgan fingerprint density at radius 3 is 2.65 bits per heavy atom. The first-order chi connectivity index (χ1) is 9.81. The first-order valence-electron chi connectivity index (χ1n) is 8.17. The molecule has 3 heteroatoms. The molecular weight excluding hydrogens is 246 g/mol. The van der Waals surface area contributed by atoms with Crippen molar-refractivity contribution in [3.8, 4) is 0 Å². The van der Waals surface area contributed by atoms with Gasteiger partial charge in [-0.15, -0.1) is 0 Å². The van der Waals surface area contributed by atoms with Crippen LogP contribution in [0.5, 0.6) is 0 Å². The first kappa shape index (κ1) is 14.0. The molecule has 2 saturated heterocycles. The molecule has 0 N–H and O–H groups in total. The van der Waals surface area contributed by atoms with E-state index in [0.717, 1.165) is 6.54 Å². The Morgan fingerprint density at radius 2 is 1.95 bits per heavy atom. The number of hydrogen-bond donors (Lipinski definition) is 0. The molecule has 20 heavy (non-hydrogen) atoms. The Bertz CT molecular complexity index is 409. The van der Waals surface area contributed by atoms with Crippen LogP contribution in [0, 0.1) is 0 Å². The zero-order valence-electron chi connectivity index (χ0n) is 12.7. The normalized spacial score (nSPS) is 25.8. The minimum absolute atomic E-state index is 0.685. The number of hydrogen-bond acceptors (Lipinski definition) is 3. The molecule has 2 aliphatic heterocycles. The van der Waals surface area contributed by atoms with Crippen molar-refractivity contribution in [3.05, 3.63) is 29.6 Å². The van der Waals surface area contributed by atoms with E-state index in [2.05, 4.69) is 35.2 Å². The van der Waals surface area contributed by atoms with Crippen molar-refractivity contribution in [2.75, 3.05) is 33.2 Å². The molecule has 1 atom stereocenters. The summed E-state index contributed by atoms with van der Waals surface area (Å²) in [6, 6.07) is 4.56. The zero-order valence-corrected chi connectivity index (χ0v) is 12.7. The topological polar surface area (TPSA) is 19.4 Å². The van der Waals surface area contributed by atoms with Gasteiger partial charge in [-0.2, -0.15) is 0 Å². The van der Waals surface area contributed by atoms with E-state index < -0.39 is 0 Å². The fourth-order valence-electron chi connectivity index (χ4n) is 3.56. The lowest BCUT2D eigenvalue weighted by atomic mass is 9.92. The van der Waals surface area contributed by atoms with Gasteiger partial charge in [-0.25, -0.2) is 0 Å². The number of pyridine rings is 1. The molecule has 0 amide bonds. The average Bonchev–Trinajstić information content (AvgIpc) is 2.49. The van der Waals surface area contributed by atoms with Crippen molar-refractivity contribution in [1.82, 2.24) is 14.8 Å². The molecule has 1 unspecified atom stereocenters. The Hall–Kier alpha value is -0.930. The van der Waals surface area contributed by atoms with Crippen molar-refractivity contribution >= 4 is 0 Å². The summed E-state index contributed by atoms with van der Waals surface area (Å²) in [6.07, 6.45) is 8.87. The van der Waals surface area contributed by atoms with Gasteiger partial charge >= 0.3 is 0 Å². The predicted octanol–water partition coefficient (Wildman–Crippen LogP) is 2.88. The molecule has 1 aromatic heterocycles. The number of piperidine rings is 2. The van der Waals surface area contributed by atoms with E-state index in [0.29, 0.717) is 5.92 Å². The van der Waals surface area contributed by atoms with Crippen molar-refractivity contribution in [3.63, 3.8) is 0 Å². The summed E-state index contributed by atoms with van der Waals surface area (Å²) < 4.78 is 0. The maximum absolute atomic E-state index is 4.71. The molecule has 3 nitrogen and oxygen atoms in total. The van der Waals surface area contributed by atoms with Gasteiger partial charge in [0.05, 0.1) is 5.69 Å². The number of aromatic nitrogens is 1. The van der Waals surface area contributed by atoms with Crippen LogP contribution >= 0.6 is 0 Å². The second-order valence-electron chi connectivity index (χ2n) is 6.52. The standard InChI is InChI=1S/C17H27N3/c1-19-9-5-6-16(13-19)15-7-8-17(18-12-15)14-20-10-3-2-4-11-20/h7-8,12,16H,2-6,9-11,13-14H2,1H3. The maximum Gasteiger partial charge on any atom is 0.0544 e. The Morgan fingerprint density at radius 1 is 1.10 bits per heavy atom. The van der Waals surface area contributed by atoms with E-state index >= 15 is 0 Å². The van der Waals surface area contributed by atoms with Gasteiger partial charge in [0, 0.05) is 19.3 Å². The number of likely N-dealkylation sites (tertiary alicyclic amines) is 2. The van der Waals surface area contributed by atoms with E-state index in [1.807, 2.05) is 0 Å². The van der Waals surface area contributed by atoms with Gasteiger partial charge in [0.1, 0.15) is 0 Å². The lowest BCUT2D eigenvalue weighted by Gasteiger charge is -2.30. The van der Waals surface area contributed by atoms with E-state index in [4.69, 9.17) is 4.98 Å². The van der Waals surface area contributed by atoms with Crippen molar-refractivity contribution in [1.29, 1.82) is 0 Å². The Labute approximate surface area is 123 Å². The zero-order chi connectivity index (χ0) is 13.8. The van der Waals surface area contributed by atoms with Crippen molar-refractivity contribution < 1.29 is 0 Å². The van der Waals surface area contributed by atoms with Gasteiger partial charge in [-0.1, -0.05) is 12.5 Å². The van der Waals surface area contributed by atoms with Gasteiger partial charge in [0.2, 0.25) is 0 Å². The minimum Gasteiger partial charge on any atom is -0.306 e. The molecule has 0 aromatic carbocycles. The van der Waals surface area contributed by atoms with E-state index in [9.17, 15) is 0 Å². The van der Waals surface area contributed by atoms with Crippen LogP contribution in [0.2, 0.25) is 0 Å². The highest BCUT2D eigenvalue weighted by molar-refractivity contribution is 5.19. The van der Waals surface area contributed by atoms with Crippen LogP contribution in [0.15, 0.2) is 18.3 Å². The molecule has 110 valence electrons. The molecule has 0 radical (unpaired) electrons. The average molecular weight is 273 g/mol. The largest absolute Gasteiger partial charge is 0.306 e. The fourth-order valence-corrected chi connectivity index (χ4v) is 3.56. The number of nitrogens with zero attached hydrogens (tertiary/aromatic N) is 3. The Balaban J connectivity index is 1.59. The van der Waals surface area contributed by atoms with Gasteiger partial charge in [-0.05, 0) is 69.9 Å². The van der Waals surface area contributed by atoms with Crippen LogP contribution in [0.25, 0.3) is 0 Å². The highest BCUT2D eigenvalue weighted by Crippen LogP contribution is 2.25. The summed E-state index contributed by atoms with van der Waals surface area (Å²) in [6.45, 7) is 5.96.